The highest BCUT2D eigenvalue weighted by Crippen LogP contribution is 2.28. The normalized spacial score (nSPS) is 20.7. The number of hydrogen-bond donors (Lipinski definition) is 1. The van der Waals surface area contributed by atoms with Crippen molar-refractivity contribution in [2.75, 3.05) is 6.54 Å². The molecular weight excluding hydrogens is 186 g/mol. The van der Waals surface area contributed by atoms with E-state index < -0.39 is 0 Å². The van der Waals surface area contributed by atoms with Crippen LogP contribution in [0.2, 0.25) is 0 Å². The van der Waals surface area contributed by atoms with Gasteiger partial charge in [0.1, 0.15) is 0 Å². The van der Waals surface area contributed by atoms with Crippen LogP contribution in [-0.2, 0) is 6.42 Å². The summed E-state index contributed by atoms with van der Waals surface area (Å²) < 4.78 is 0. The first kappa shape index (κ1) is 10.1. The minimum atomic E-state index is 0.0674. The van der Waals surface area contributed by atoms with E-state index in [0.717, 1.165) is 19.4 Å². The van der Waals surface area contributed by atoms with Crippen LogP contribution in [0.5, 0.6) is 0 Å². The number of hydrogen-bond acceptors (Lipinski definition) is 3. The van der Waals surface area contributed by atoms with Crippen molar-refractivity contribution in [3.05, 3.63) is 29.6 Å². The average Bonchev–Trinajstić information content (AvgIpc) is 2.69. The van der Waals surface area contributed by atoms with Crippen LogP contribution in [0.15, 0.2) is 18.3 Å². The number of rotatable bonds is 3. The topological polar surface area (TPSA) is 48.7 Å². The molecule has 15 heavy (non-hydrogen) atoms. The van der Waals surface area contributed by atoms with Crippen LogP contribution in [0.25, 0.3) is 0 Å². The summed E-state index contributed by atoms with van der Waals surface area (Å²) in [5.74, 6) is 0.0674. The standard InChI is InChI=1S/C12H15N3/c1-9(7-13)8-15-11-5-4-10-3-2-6-14-12(10)11/h2-3,6,9,11,15H,4-5,8H2,1H3. The second-order valence-corrected chi connectivity index (χ2v) is 4.08. The van der Waals surface area contributed by atoms with Crippen molar-refractivity contribution in [2.45, 2.75) is 25.8 Å². The first-order valence-electron chi connectivity index (χ1n) is 5.38. The second kappa shape index (κ2) is 4.41. The highest BCUT2D eigenvalue weighted by molar-refractivity contribution is 5.27. The predicted octanol–water partition coefficient (Wildman–Crippen LogP) is 1.82. The Balaban J connectivity index is 2.00. The molecule has 1 aliphatic carbocycles. The molecule has 78 valence electrons. The van der Waals surface area contributed by atoms with Crippen LogP contribution >= 0.6 is 0 Å². The van der Waals surface area contributed by atoms with Crippen molar-refractivity contribution in [1.29, 1.82) is 5.26 Å². The quantitative estimate of drug-likeness (QED) is 0.811. The molecule has 1 aliphatic rings. The Labute approximate surface area is 90.1 Å². The van der Waals surface area contributed by atoms with Crippen molar-refractivity contribution in [3.8, 4) is 6.07 Å². The van der Waals surface area contributed by atoms with Crippen LogP contribution < -0.4 is 5.32 Å². The minimum absolute atomic E-state index is 0.0674. The van der Waals surface area contributed by atoms with Crippen molar-refractivity contribution in [3.63, 3.8) is 0 Å². The Morgan fingerprint density at radius 1 is 1.73 bits per heavy atom. The van der Waals surface area contributed by atoms with Gasteiger partial charge in [-0.25, -0.2) is 0 Å². The van der Waals surface area contributed by atoms with E-state index in [2.05, 4.69) is 22.4 Å². The first-order valence-corrected chi connectivity index (χ1v) is 5.38. The number of aryl methyl sites for hydroxylation is 1. The molecule has 0 bridgehead atoms. The van der Waals surface area contributed by atoms with E-state index in [1.54, 1.807) is 0 Å². The summed E-state index contributed by atoms with van der Waals surface area (Å²) in [6, 6.07) is 6.70. The molecule has 0 amide bonds. The Morgan fingerprint density at radius 3 is 3.40 bits per heavy atom. The van der Waals surface area contributed by atoms with Gasteiger partial charge >= 0.3 is 0 Å². The number of nitriles is 1. The van der Waals surface area contributed by atoms with Gasteiger partial charge in [0, 0.05) is 12.7 Å². The van der Waals surface area contributed by atoms with Crippen LogP contribution in [0.1, 0.15) is 30.6 Å². The molecule has 1 N–H and O–H groups in total. The van der Waals surface area contributed by atoms with Gasteiger partial charge in [0.15, 0.2) is 0 Å². The van der Waals surface area contributed by atoms with Gasteiger partial charge in [0.25, 0.3) is 0 Å². The van der Waals surface area contributed by atoms with Gasteiger partial charge in [0.05, 0.1) is 23.7 Å². The highest BCUT2D eigenvalue weighted by atomic mass is 14.9. The summed E-state index contributed by atoms with van der Waals surface area (Å²) in [6.45, 7) is 2.68. The minimum Gasteiger partial charge on any atom is -0.307 e. The van der Waals surface area contributed by atoms with E-state index in [1.807, 2.05) is 19.2 Å². The summed E-state index contributed by atoms with van der Waals surface area (Å²) in [7, 11) is 0. The average molecular weight is 201 g/mol. The molecule has 3 nitrogen and oxygen atoms in total. The van der Waals surface area contributed by atoms with Gasteiger partial charge in [-0.1, -0.05) is 6.07 Å². The van der Waals surface area contributed by atoms with Crippen LogP contribution in [-0.4, -0.2) is 11.5 Å². The highest BCUT2D eigenvalue weighted by Gasteiger charge is 2.22. The number of aromatic nitrogens is 1. The maximum absolute atomic E-state index is 8.70. The predicted molar refractivity (Wildman–Crippen MR) is 58.1 cm³/mol. The molecule has 0 radical (unpaired) electrons. The summed E-state index contributed by atoms with van der Waals surface area (Å²) in [4.78, 5) is 4.40. The molecule has 1 aromatic heterocycles. The van der Waals surface area contributed by atoms with Crippen LogP contribution in [0.4, 0.5) is 0 Å². The van der Waals surface area contributed by atoms with Gasteiger partial charge in [0.2, 0.25) is 0 Å². The molecule has 0 aliphatic heterocycles. The summed E-state index contributed by atoms with van der Waals surface area (Å²) in [5, 5.41) is 12.1. The molecule has 0 aromatic carbocycles. The molecule has 0 fully saturated rings. The lowest BCUT2D eigenvalue weighted by molar-refractivity contribution is 0.490. The molecule has 0 saturated carbocycles. The van der Waals surface area contributed by atoms with E-state index in [0.29, 0.717) is 6.04 Å². The van der Waals surface area contributed by atoms with Gasteiger partial charge in [-0.05, 0) is 31.4 Å². The van der Waals surface area contributed by atoms with Crippen molar-refractivity contribution in [1.82, 2.24) is 10.3 Å². The maximum Gasteiger partial charge on any atom is 0.0666 e. The third-order valence-corrected chi connectivity index (χ3v) is 2.85. The lowest BCUT2D eigenvalue weighted by Gasteiger charge is -2.13. The Bertz CT molecular complexity index is 381. The Kier molecular flexibility index (Phi) is 2.98. The zero-order valence-electron chi connectivity index (χ0n) is 8.90. The number of nitrogens with zero attached hydrogens (tertiary/aromatic N) is 2. The Morgan fingerprint density at radius 2 is 2.60 bits per heavy atom. The fourth-order valence-corrected chi connectivity index (χ4v) is 1.98. The molecular formula is C12H15N3. The number of pyridine rings is 1. The smallest absolute Gasteiger partial charge is 0.0666 e. The summed E-state index contributed by atoms with van der Waals surface area (Å²) >= 11 is 0. The van der Waals surface area contributed by atoms with Crippen molar-refractivity contribution < 1.29 is 0 Å². The van der Waals surface area contributed by atoms with Crippen LogP contribution in [0, 0.1) is 17.2 Å². The molecule has 0 saturated heterocycles. The van der Waals surface area contributed by atoms with E-state index >= 15 is 0 Å². The molecule has 1 aromatic rings. The molecule has 2 rings (SSSR count). The second-order valence-electron chi connectivity index (χ2n) is 4.08. The zero-order chi connectivity index (χ0) is 10.7. The van der Waals surface area contributed by atoms with E-state index in [-0.39, 0.29) is 5.92 Å². The fourth-order valence-electron chi connectivity index (χ4n) is 1.98. The molecule has 2 unspecified atom stereocenters. The first-order chi connectivity index (χ1) is 7.31. The number of fused-ring (bicyclic) bond motifs is 1. The zero-order valence-corrected chi connectivity index (χ0v) is 8.90. The molecule has 3 heteroatoms. The summed E-state index contributed by atoms with van der Waals surface area (Å²) in [6.07, 6.45) is 4.04. The lowest BCUT2D eigenvalue weighted by Crippen LogP contribution is -2.24. The number of nitrogens with one attached hydrogen (secondary N) is 1. The van der Waals surface area contributed by atoms with Gasteiger partial charge in [-0.2, -0.15) is 5.26 Å². The van der Waals surface area contributed by atoms with Crippen molar-refractivity contribution >= 4 is 0 Å². The largest absolute Gasteiger partial charge is 0.307 e. The van der Waals surface area contributed by atoms with E-state index in [4.69, 9.17) is 5.26 Å². The monoisotopic (exact) mass is 201 g/mol. The molecule has 1 heterocycles. The molecule has 2 atom stereocenters. The SMILES string of the molecule is CC(C#N)CNC1CCc2cccnc21. The fraction of sp³-hybridized carbons (Fsp3) is 0.500. The van der Waals surface area contributed by atoms with Gasteiger partial charge < -0.3 is 5.32 Å². The van der Waals surface area contributed by atoms with Gasteiger partial charge in [-0.15, -0.1) is 0 Å². The maximum atomic E-state index is 8.70. The van der Waals surface area contributed by atoms with Crippen molar-refractivity contribution in [2.24, 2.45) is 5.92 Å². The lowest BCUT2D eigenvalue weighted by atomic mass is 10.1. The third kappa shape index (κ3) is 2.16. The Hall–Kier alpha value is -1.40. The molecule has 0 spiro atoms. The van der Waals surface area contributed by atoms with Crippen LogP contribution in [0.3, 0.4) is 0 Å². The van der Waals surface area contributed by atoms with Gasteiger partial charge in [-0.3, -0.25) is 4.98 Å². The third-order valence-electron chi connectivity index (χ3n) is 2.85. The van der Waals surface area contributed by atoms with E-state index in [9.17, 15) is 0 Å². The summed E-state index contributed by atoms with van der Waals surface area (Å²) in [5.41, 5.74) is 2.52. The van der Waals surface area contributed by atoms with E-state index in [1.165, 1.54) is 11.3 Å².